The number of nitrogens with zero attached hydrogens (tertiary/aromatic N) is 4. The second-order valence-corrected chi connectivity index (χ2v) is 3.60. The van der Waals surface area contributed by atoms with Crippen LogP contribution in [0, 0.1) is 5.92 Å². The van der Waals surface area contributed by atoms with Gasteiger partial charge in [-0.05, 0) is 11.1 Å². The summed E-state index contributed by atoms with van der Waals surface area (Å²) in [7, 11) is 0. The van der Waals surface area contributed by atoms with Crippen LogP contribution in [-0.2, 0) is 11.3 Å². The number of allylic oxidation sites excluding steroid dienone is 1. The van der Waals surface area contributed by atoms with E-state index in [-0.39, 0.29) is 11.9 Å². The summed E-state index contributed by atoms with van der Waals surface area (Å²) < 4.78 is 0. The predicted octanol–water partition coefficient (Wildman–Crippen LogP) is 0.844. The average Bonchev–Trinajstić information content (AvgIpc) is 2.51. The molecule has 0 aliphatic heterocycles. The Kier molecular flexibility index (Phi) is 3.96. The van der Waals surface area contributed by atoms with Crippen molar-refractivity contribution in [3.8, 4) is 0 Å². The Morgan fingerprint density at radius 1 is 1.67 bits per heavy atom. The Hall–Kier alpha value is -1.72. The van der Waals surface area contributed by atoms with Crippen molar-refractivity contribution in [3.63, 3.8) is 0 Å². The van der Waals surface area contributed by atoms with E-state index in [4.69, 9.17) is 0 Å². The topological polar surface area (TPSA) is 72.7 Å². The third kappa shape index (κ3) is 3.88. The van der Waals surface area contributed by atoms with E-state index in [2.05, 4.69) is 27.3 Å². The van der Waals surface area contributed by atoms with Gasteiger partial charge in [0.05, 0.1) is 6.54 Å². The fraction of sp³-hybridized carbons (Fsp3) is 0.556. The van der Waals surface area contributed by atoms with Crippen LogP contribution in [0.15, 0.2) is 12.7 Å². The summed E-state index contributed by atoms with van der Waals surface area (Å²) in [6.45, 7) is 7.98. The van der Waals surface area contributed by atoms with E-state index in [1.165, 1.54) is 4.80 Å². The van der Waals surface area contributed by atoms with Crippen LogP contribution in [0.1, 0.15) is 20.3 Å². The maximum absolute atomic E-state index is 11.3. The van der Waals surface area contributed by atoms with Crippen molar-refractivity contribution in [3.05, 3.63) is 12.7 Å². The predicted molar refractivity (Wildman–Crippen MR) is 56.1 cm³/mol. The lowest BCUT2D eigenvalue weighted by atomic mass is 10.1. The number of carbonyl (C=O) groups is 1. The lowest BCUT2D eigenvalue weighted by Gasteiger charge is -2.02. The molecule has 0 fully saturated rings. The molecule has 0 spiro atoms. The van der Waals surface area contributed by atoms with E-state index in [1.807, 2.05) is 13.8 Å². The largest absolute Gasteiger partial charge is 0.292 e. The first-order valence-electron chi connectivity index (χ1n) is 4.80. The first-order chi connectivity index (χ1) is 7.11. The Bertz CT molecular complexity index is 344. The number of nitrogens with one attached hydrogen (secondary N) is 1. The number of hydrogen-bond donors (Lipinski definition) is 1. The quantitative estimate of drug-likeness (QED) is 0.729. The zero-order chi connectivity index (χ0) is 11.3. The van der Waals surface area contributed by atoms with Crippen LogP contribution in [0.25, 0.3) is 0 Å². The van der Waals surface area contributed by atoms with Crippen molar-refractivity contribution in [1.82, 2.24) is 20.2 Å². The summed E-state index contributed by atoms with van der Waals surface area (Å²) in [6.07, 6.45) is 2.11. The van der Waals surface area contributed by atoms with Crippen molar-refractivity contribution in [1.29, 1.82) is 0 Å². The first kappa shape index (κ1) is 11.4. The highest BCUT2D eigenvalue weighted by atomic mass is 16.1. The molecule has 0 radical (unpaired) electrons. The summed E-state index contributed by atoms with van der Waals surface area (Å²) in [4.78, 5) is 12.7. The van der Waals surface area contributed by atoms with Crippen LogP contribution in [-0.4, -0.2) is 26.1 Å². The van der Waals surface area contributed by atoms with Gasteiger partial charge < -0.3 is 0 Å². The molecule has 0 bridgehead atoms. The Balaban J connectivity index is 2.49. The van der Waals surface area contributed by atoms with Gasteiger partial charge in [-0.25, -0.2) is 0 Å². The van der Waals surface area contributed by atoms with Crippen LogP contribution in [0.5, 0.6) is 0 Å². The lowest BCUT2D eigenvalue weighted by molar-refractivity contribution is -0.116. The standard InChI is InChI=1S/C9H15N5O/c1-4-5-14-12-9(11-13-14)10-8(15)6-7(2)3/h4,7H,1,5-6H2,2-3H3,(H,10,12,15). The maximum atomic E-state index is 11.3. The molecular weight excluding hydrogens is 194 g/mol. The minimum absolute atomic E-state index is 0.0943. The zero-order valence-electron chi connectivity index (χ0n) is 8.97. The molecule has 0 aromatic carbocycles. The minimum atomic E-state index is -0.0943. The third-order valence-corrected chi connectivity index (χ3v) is 1.59. The summed E-state index contributed by atoms with van der Waals surface area (Å²) in [5.74, 6) is 0.457. The highest BCUT2D eigenvalue weighted by molar-refractivity contribution is 5.88. The second kappa shape index (κ2) is 5.23. The van der Waals surface area contributed by atoms with Gasteiger partial charge in [-0.15, -0.1) is 11.7 Å². The summed E-state index contributed by atoms with van der Waals surface area (Å²) in [5.41, 5.74) is 0. The van der Waals surface area contributed by atoms with Crippen molar-refractivity contribution < 1.29 is 4.79 Å². The molecule has 15 heavy (non-hydrogen) atoms. The number of carbonyl (C=O) groups excluding carboxylic acids is 1. The summed E-state index contributed by atoms with van der Waals surface area (Å²) >= 11 is 0. The van der Waals surface area contributed by atoms with E-state index in [1.54, 1.807) is 6.08 Å². The summed E-state index contributed by atoms with van der Waals surface area (Å²) in [6, 6.07) is 0. The normalized spacial score (nSPS) is 10.3. The van der Waals surface area contributed by atoms with Crippen molar-refractivity contribution in [2.45, 2.75) is 26.8 Å². The van der Waals surface area contributed by atoms with E-state index in [9.17, 15) is 4.79 Å². The van der Waals surface area contributed by atoms with Gasteiger partial charge in [-0.1, -0.05) is 25.0 Å². The molecule has 0 aliphatic rings. The molecule has 1 heterocycles. The zero-order valence-corrected chi connectivity index (χ0v) is 8.97. The van der Waals surface area contributed by atoms with Gasteiger partial charge in [-0.2, -0.15) is 4.80 Å². The van der Waals surface area contributed by atoms with Gasteiger partial charge in [0.15, 0.2) is 0 Å². The number of hydrogen-bond acceptors (Lipinski definition) is 4. The van der Waals surface area contributed by atoms with E-state index in [0.29, 0.717) is 18.9 Å². The minimum Gasteiger partial charge on any atom is -0.292 e. The molecule has 0 saturated heterocycles. The monoisotopic (exact) mass is 209 g/mol. The van der Waals surface area contributed by atoms with E-state index < -0.39 is 0 Å². The second-order valence-electron chi connectivity index (χ2n) is 3.60. The van der Waals surface area contributed by atoms with Crippen molar-refractivity contribution in [2.24, 2.45) is 5.92 Å². The molecule has 1 N–H and O–H groups in total. The molecular formula is C9H15N5O. The van der Waals surface area contributed by atoms with E-state index >= 15 is 0 Å². The number of tetrazole rings is 1. The van der Waals surface area contributed by atoms with E-state index in [0.717, 1.165) is 0 Å². The molecule has 6 heteroatoms. The van der Waals surface area contributed by atoms with Crippen molar-refractivity contribution >= 4 is 11.9 Å². The van der Waals surface area contributed by atoms with Gasteiger partial charge >= 0.3 is 0 Å². The van der Waals surface area contributed by atoms with Crippen LogP contribution >= 0.6 is 0 Å². The van der Waals surface area contributed by atoms with Crippen LogP contribution in [0.2, 0.25) is 0 Å². The first-order valence-corrected chi connectivity index (χ1v) is 4.80. The summed E-state index contributed by atoms with van der Waals surface area (Å²) in [5, 5.41) is 13.9. The Morgan fingerprint density at radius 3 is 3.00 bits per heavy atom. The van der Waals surface area contributed by atoms with Crippen LogP contribution in [0.3, 0.4) is 0 Å². The molecule has 1 aromatic heterocycles. The fourth-order valence-corrected chi connectivity index (χ4v) is 1.03. The molecule has 0 atom stereocenters. The highest BCUT2D eigenvalue weighted by Crippen LogP contribution is 2.02. The number of amides is 1. The SMILES string of the molecule is C=CCn1nnc(NC(=O)CC(C)C)n1. The van der Waals surface area contributed by atoms with Gasteiger partial charge in [-0.3, -0.25) is 10.1 Å². The number of rotatable bonds is 5. The fourth-order valence-electron chi connectivity index (χ4n) is 1.03. The van der Waals surface area contributed by atoms with Gasteiger partial charge in [0, 0.05) is 6.42 Å². The highest BCUT2D eigenvalue weighted by Gasteiger charge is 2.08. The Morgan fingerprint density at radius 2 is 2.40 bits per heavy atom. The molecule has 0 aliphatic carbocycles. The van der Waals surface area contributed by atoms with Gasteiger partial charge in [0.1, 0.15) is 0 Å². The van der Waals surface area contributed by atoms with Crippen molar-refractivity contribution in [2.75, 3.05) is 5.32 Å². The third-order valence-electron chi connectivity index (χ3n) is 1.59. The molecule has 1 rings (SSSR count). The van der Waals surface area contributed by atoms with Crippen LogP contribution in [0.4, 0.5) is 5.95 Å². The molecule has 0 unspecified atom stereocenters. The van der Waals surface area contributed by atoms with Crippen LogP contribution < -0.4 is 5.32 Å². The molecule has 1 amide bonds. The molecule has 1 aromatic rings. The Labute approximate surface area is 88.4 Å². The average molecular weight is 209 g/mol. The van der Waals surface area contributed by atoms with Gasteiger partial charge in [0.2, 0.25) is 5.91 Å². The molecule has 82 valence electrons. The smallest absolute Gasteiger partial charge is 0.270 e. The molecule has 0 saturated carbocycles. The number of anilines is 1. The number of aromatic nitrogens is 4. The van der Waals surface area contributed by atoms with Gasteiger partial charge in [0.25, 0.3) is 5.95 Å². The lowest BCUT2D eigenvalue weighted by Crippen LogP contribution is -2.15. The maximum Gasteiger partial charge on any atom is 0.270 e. The molecule has 6 nitrogen and oxygen atoms in total.